The molecule has 0 aliphatic rings. The van der Waals surface area contributed by atoms with Crippen molar-refractivity contribution in [2.75, 3.05) is 18.4 Å². The monoisotopic (exact) mass is 335 g/mol. The molecule has 4 rings (SSSR count). The molecular formula is C18H17N5O2. The van der Waals surface area contributed by atoms with Crippen molar-refractivity contribution in [3.05, 3.63) is 52.6 Å². The SMILES string of the molecule is NCCCNc1nc2cccc([N+](=O)[O-])c2c2[nH]c3ccccc3c12. The van der Waals surface area contributed by atoms with Gasteiger partial charge in [0.25, 0.3) is 5.69 Å². The molecule has 0 fully saturated rings. The second kappa shape index (κ2) is 6.03. The van der Waals surface area contributed by atoms with Crippen LogP contribution in [0.1, 0.15) is 6.42 Å². The third-order valence-electron chi connectivity index (χ3n) is 4.32. The van der Waals surface area contributed by atoms with Crippen molar-refractivity contribution in [2.45, 2.75) is 6.42 Å². The second-order valence-electron chi connectivity index (χ2n) is 5.88. The Bertz CT molecular complexity index is 1100. The van der Waals surface area contributed by atoms with E-state index in [4.69, 9.17) is 5.73 Å². The summed E-state index contributed by atoms with van der Waals surface area (Å²) in [4.78, 5) is 19.1. The molecule has 0 atom stereocenters. The van der Waals surface area contributed by atoms with E-state index in [-0.39, 0.29) is 10.6 Å². The van der Waals surface area contributed by atoms with Gasteiger partial charge >= 0.3 is 0 Å². The first-order valence-corrected chi connectivity index (χ1v) is 8.12. The van der Waals surface area contributed by atoms with Crippen molar-refractivity contribution in [3.8, 4) is 0 Å². The van der Waals surface area contributed by atoms with E-state index < -0.39 is 0 Å². The third-order valence-corrected chi connectivity index (χ3v) is 4.32. The summed E-state index contributed by atoms with van der Waals surface area (Å²) in [7, 11) is 0. The summed E-state index contributed by atoms with van der Waals surface area (Å²) in [6.45, 7) is 1.28. The zero-order valence-corrected chi connectivity index (χ0v) is 13.5. The molecule has 4 N–H and O–H groups in total. The fraction of sp³-hybridized carbons (Fsp3) is 0.167. The van der Waals surface area contributed by atoms with Crippen LogP contribution in [0.25, 0.3) is 32.7 Å². The lowest BCUT2D eigenvalue weighted by Gasteiger charge is -2.09. The van der Waals surface area contributed by atoms with Crippen LogP contribution in [0.4, 0.5) is 11.5 Å². The zero-order chi connectivity index (χ0) is 17.4. The maximum atomic E-state index is 11.5. The van der Waals surface area contributed by atoms with E-state index in [1.807, 2.05) is 24.3 Å². The van der Waals surface area contributed by atoms with Gasteiger partial charge in [0.15, 0.2) is 0 Å². The lowest BCUT2D eigenvalue weighted by atomic mass is 10.1. The van der Waals surface area contributed by atoms with Gasteiger partial charge in [-0.1, -0.05) is 24.3 Å². The molecule has 0 aliphatic heterocycles. The van der Waals surface area contributed by atoms with Crippen molar-refractivity contribution >= 4 is 44.2 Å². The lowest BCUT2D eigenvalue weighted by Crippen LogP contribution is -2.09. The normalized spacial score (nSPS) is 11.4. The molecule has 7 heteroatoms. The first kappa shape index (κ1) is 15.3. The van der Waals surface area contributed by atoms with Gasteiger partial charge in [-0.25, -0.2) is 4.98 Å². The molecule has 2 aromatic heterocycles. The first-order valence-electron chi connectivity index (χ1n) is 8.12. The Morgan fingerprint density at radius 2 is 2.00 bits per heavy atom. The molecule has 2 aromatic carbocycles. The third kappa shape index (κ3) is 2.45. The second-order valence-corrected chi connectivity index (χ2v) is 5.88. The van der Waals surface area contributed by atoms with Gasteiger partial charge in [0.2, 0.25) is 0 Å². The van der Waals surface area contributed by atoms with Crippen molar-refractivity contribution in [1.29, 1.82) is 0 Å². The van der Waals surface area contributed by atoms with Crippen LogP contribution >= 0.6 is 0 Å². The number of pyridine rings is 1. The van der Waals surface area contributed by atoms with Gasteiger partial charge in [-0.2, -0.15) is 0 Å². The maximum Gasteiger partial charge on any atom is 0.280 e. The van der Waals surface area contributed by atoms with Crippen LogP contribution < -0.4 is 11.1 Å². The van der Waals surface area contributed by atoms with E-state index in [9.17, 15) is 10.1 Å². The highest BCUT2D eigenvalue weighted by Crippen LogP contribution is 2.38. The Morgan fingerprint density at radius 3 is 2.80 bits per heavy atom. The first-order chi connectivity index (χ1) is 12.2. The number of rotatable bonds is 5. The summed E-state index contributed by atoms with van der Waals surface area (Å²) in [5.41, 5.74) is 7.87. The summed E-state index contributed by atoms with van der Waals surface area (Å²) in [6, 6.07) is 12.8. The van der Waals surface area contributed by atoms with Gasteiger partial charge in [-0.3, -0.25) is 10.1 Å². The Kier molecular flexibility index (Phi) is 3.70. The van der Waals surface area contributed by atoms with Gasteiger partial charge in [-0.15, -0.1) is 0 Å². The number of non-ortho nitro benzene ring substituents is 1. The van der Waals surface area contributed by atoms with Gasteiger partial charge < -0.3 is 16.0 Å². The molecule has 7 nitrogen and oxygen atoms in total. The Morgan fingerprint density at radius 1 is 1.16 bits per heavy atom. The predicted molar refractivity (Wildman–Crippen MR) is 99.9 cm³/mol. The molecule has 0 amide bonds. The summed E-state index contributed by atoms with van der Waals surface area (Å²) in [5, 5.41) is 17.2. The molecule has 0 unspecified atom stereocenters. The maximum absolute atomic E-state index is 11.5. The van der Waals surface area contributed by atoms with E-state index >= 15 is 0 Å². The Hall–Kier alpha value is -3.19. The van der Waals surface area contributed by atoms with E-state index in [1.54, 1.807) is 12.1 Å². The van der Waals surface area contributed by atoms with Crippen molar-refractivity contribution in [2.24, 2.45) is 5.73 Å². The number of nitrogens with zero attached hydrogens (tertiary/aromatic N) is 2. The molecule has 0 spiro atoms. The quantitative estimate of drug-likeness (QED) is 0.293. The van der Waals surface area contributed by atoms with Crippen LogP contribution in [0.5, 0.6) is 0 Å². The van der Waals surface area contributed by atoms with Crippen molar-refractivity contribution in [3.63, 3.8) is 0 Å². The highest BCUT2D eigenvalue weighted by molar-refractivity contribution is 6.22. The van der Waals surface area contributed by atoms with Crippen LogP contribution in [0.2, 0.25) is 0 Å². The molecule has 25 heavy (non-hydrogen) atoms. The minimum Gasteiger partial charge on any atom is -0.369 e. The topological polar surface area (TPSA) is 110 Å². The Balaban J connectivity index is 2.11. The number of nitro groups is 1. The molecule has 0 saturated carbocycles. The smallest absolute Gasteiger partial charge is 0.280 e. The fourth-order valence-corrected chi connectivity index (χ4v) is 3.22. The van der Waals surface area contributed by atoms with Crippen LogP contribution in [0.3, 0.4) is 0 Å². The number of nitrogens with one attached hydrogen (secondary N) is 2. The molecule has 0 aliphatic carbocycles. The number of para-hydroxylation sites is 1. The van der Waals surface area contributed by atoms with Gasteiger partial charge in [0.1, 0.15) is 11.2 Å². The number of anilines is 1. The largest absolute Gasteiger partial charge is 0.369 e. The molecule has 0 saturated heterocycles. The number of nitro benzene ring substituents is 1. The number of nitrogens with two attached hydrogens (primary N) is 1. The summed E-state index contributed by atoms with van der Waals surface area (Å²) < 4.78 is 0. The number of fused-ring (bicyclic) bond motifs is 5. The lowest BCUT2D eigenvalue weighted by molar-refractivity contribution is -0.383. The minimum absolute atomic E-state index is 0.0510. The number of benzene rings is 2. The fourth-order valence-electron chi connectivity index (χ4n) is 3.22. The number of aromatic amines is 1. The highest BCUT2D eigenvalue weighted by Gasteiger charge is 2.20. The zero-order valence-electron chi connectivity index (χ0n) is 13.5. The molecule has 0 bridgehead atoms. The minimum atomic E-state index is -0.365. The standard InChI is InChI=1S/C18H17N5O2/c19-9-4-10-20-18-15-11-5-1-2-6-12(11)21-17(15)16-13(22-18)7-3-8-14(16)23(24)25/h1-3,5-8,21H,4,9-10,19H2,(H,20,22). The van der Waals surface area contributed by atoms with Gasteiger partial charge in [0, 0.05) is 23.5 Å². The highest BCUT2D eigenvalue weighted by atomic mass is 16.6. The number of H-pyrrole nitrogens is 1. The average Bonchev–Trinajstić information content (AvgIpc) is 3.01. The van der Waals surface area contributed by atoms with E-state index in [1.165, 1.54) is 6.07 Å². The van der Waals surface area contributed by atoms with Gasteiger partial charge in [-0.05, 0) is 25.1 Å². The van der Waals surface area contributed by atoms with Crippen molar-refractivity contribution < 1.29 is 4.92 Å². The Labute approximate surface area is 143 Å². The predicted octanol–water partition coefficient (Wildman–Crippen LogP) is 3.54. The molecule has 126 valence electrons. The summed E-state index contributed by atoms with van der Waals surface area (Å²) in [6.07, 6.45) is 0.818. The van der Waals surface area contributed by atoms with Crippen LogP contribution in [-0.4, -0.2) is 28.0 Å². The average molecular weight is 335 g/mol. The van der Waals surface area contributed by atoms with Crippen LogP contribution in [0, 0.1) is 10.1 Å². The van der Waals surface area contributed by atoms with E-state index in [0.29, 0.717) is 29.8 Å². The molecule has 4 aromatic rings. The van der Waals surface area contributed by atoms with Crippen LogP contribution in [0.15, 0.2) is 42.5 Å². The number of hydrogen-bond donors (Lipinski definition) is 3. The van der Waals surface area contributed by atoms with Crippen molar-refractivity contribution in [1.82, 2.24) is 9.97 Å². The van der Waals surface area contributed by atoms with Crippen LogP contribution in [-0.2, 0) is 0 Å². The van der Waals surface area contributed by atoms with E-state index in [0.717, 1.165) is 28.2 Å². The number of aromatic nitrogens is 2. The summed E-state index contributed by atoms with van der Waals surface area (Å²) in [5.74, 6) is 0.717. The molecule has 2 heterocycles. The summed E-state index contributed by atoms with van der Waals surface area (Å²) >= 11 is 0. The van der Waals surface area contributed by atoms with Gasteiger partial charge in [0.05, 0.1) is 21.3 Å². The number of hydrogen-bond acceptors (Lipinski definition) is 5. The van der Waals surface area contributed by atoms with E-state index in [2.05, 4.69) is 15.3 Å². The molecular weight excluding hydrogens is 318 g/mol. The molecule has 0 radical (unpaired) electrons.